The van der Waals surface area contributed by atoms with E-state index in [9.17, 15) is 0 Å². The zero-order valence-corrected chi connectivity index (χ0v) is 10.2. The second-order valence-corrected chi connectivity index (χ2v) is 3.98. The third kappa shape index (κ3) is 3.82. The second-order valence-electron chi connectivity index (χ2n) is 3.98. The van der Waals surface area contributed by atoms with Gasteiger partial charge in [-0.15, -0.1) is 0 Å². The first-order valence-electron chi connectivity index (χ1n) is 5.18. The molecule has 0 fully saturated rings. The fourth-order valence-electron chi connectivity index (χ4n) is 1.09. The summed E-state index contributed by atoms with van der Waals surface area (Å²) in [4.78, 5) is 0. The first kappa shape index (κ1) is 13.0. The molecule has 0 bridgehead atoms. The van der Waals surface area contributed by atoms with Crippen LogP contribution in [0.1, 0.15) is 40.2 Å². The highest BCUT2D eigenvalue weighted by molar-refractivity contribution is 5.30. The smallest absolute Gasteiger partial charge is 0.118 e. The van der Waals surface area contributed by atoms with Crippen molar-refractivity contribution in [3.63, 3.8) is 0 Å². The van der Waals surface area contributed by atoms with Crippen LogP contribution in [-0.4, -0.2) is 7.11 Å². The van der Waals surface area contributed by atoms with Crippen molar-refractivity contribution in [1.29, 1.82) is 0 Å². The summed E-state index contributed by atoms with van der Waals surface area (Å²) >= 11 is 0. The highest BCUT2D eigenvalue weighted by atomic mass is 16.5. The molecule has 1 nitrogen and oxygen atoms in total. The van der Waals surface area contributed by atoms with Gasteiger partial charge in [0.25, 0.3) is 0 Å². The summed E-state index contributed by atoms with van der Waals surface area (Å²) in [6.07, 6.45) is 0. The van der Waals surface area contributed by atoms with Crippen LogP contribution in [0, 0.1) is 0 Å². The standard InChI is InChI=1S/C11H16O.C2H6/c1-11(2,3)9-5-7-10(12-4)8-6-9;1-2/h5-8H,1-4H3;1-2H3. The van der Waals surface area contributed by atoms with Gasteiger partial charge in [0.2, 0.25) is 0 Å². The van der Waals surface area contributed by atoms with E-state index in [1.54, 1.807) is 7.11 Å². The molecule has 14 heavy (non-hydrogen) atoms. The van der Waals surface area contributed by atoms with Crippen molar-refractivity contribution in [3.8, 4) is 5.75 Å². The summed E-state index contributed by atoms with van der Waals surface area (Å²) in [7, 11) is 1.69. The van der Waals surface area contributed by atoms with Crippen LogP contribution < -0.4 is 4.74 Å². The second kappa shape index (κ2) is 5.69. The fourth-order valence-corrected chi connectivity index (χ4v) is 1.09. The van der Waals surface area contributed by atoms with Crippen LogP contribution in [0.5, 0.6) is 5.75 Å². The van der Waals surface area contributed by atoms with Crippen molar-refractivity contribution in [2.45, 2.75) is 40.0 Å². The lowest BCUT2D eigenvalue weighted by molar-refractivity contribution is 0.414. The van der Waals surface area contributed by atoms with Crippen molar-refractivity contribution in [1.82, 2.24) is 0 Å². The Morgan fingerprint density at radius 2 is 1.36 bits per heavy atom. The van der Waals surface area contributed by atoms with E-state index in [2.05, 4.69) is 32.9 Å². The Labute approximate surface area is 88.1 Å². The molecule has 0 aliphatic heterocycles. The van der Waals surface area contributed by atoms with Crippen LogP contribution in [0.3, 0.4) is 0 Å². The lowest BCUT2D eigenvalue weighted by Crippen LogP contribution is -2.10. The van der Waals surface area contributed by atoms with E-state index in [4.69, 9.17) is 4.74 Å². The SMILES string of the molecule is CC.COc1ccc(C(C)(C)C)cc1. The molecule has 1 rings (SSSR count). The molecule has 0 atom stereocenters. The Morgan fingerprint density at radius 3 is 1.64 bits per heavy atom. The molecule has 1 aromatic rings. The van der Waals surface area contributed by atoms with Gasteiger partial charge in [0.1, 0.15) is 5.75 Å². The average molecular weight is 194 g/mol. The third-order valence-corrected chi connectivity index (χ3v) is 1.96. The van der Waals surface area contributed by atoms with Crippen molar-refractivity contribution in [2.24, 2.45) is 0 Å². The first-order valence-corrected chi connectivity index (χ1v) is 5.18. The van der Waals surface area contributed by atoms with Crippen molar-refractivity contribution in [3.05, 3.63) is 29.8 Å². The minimum absolute atomic E-state index is 0.228. The zero-order chi connectivity index (χ0) is 11.2. The number of ether oxygens (including phenoxy) is 1. The Balaban J connectivity index is 0.000000791. The van der Waals surface area contributed by atoms with E-state index in [0.29, 0.717) is 0 Å². The quantitative estimate of drug-likeness (QED) is 0.656. The summed E-state index contributed by atoms with van der Waals surface area (Å²) in [6.45, 7) is 10.6. The van der Waals surface area contributed by atoms with E-state index < -0.39 is 0 Å². The monoisotopic (exact) mass is 194 g/mol. The Hall–Kier alpha value is -0.980. The summed E-state index contributed by atoms with van der Waals surface area (Å²) in [5, 5.41) is 0. The van der Waals surface area contributed by atoms with Crippen LogP contribution in [0.2, 0.25) is 0 Å². The molecule has 0 aromatic heterocycles. The van der Waals surface area contributed by atoms with Gasteiger partial charge in [-0.2, -0.15) is 0 Å². The van der Waals surface area contributed by atoms with Crippen LogP contribution in [0.4, 0.5) is 0 Å². The molecule has 1 heteroatoms. The Bertz CT molecular complexity index is 241. The molecule has 0 amide bonds. The summed E-state index contributed by atoms with van der Waals surface area (Å²) < 4.78 is 5.08. The molecular weight excluding hydrogens is 172 g/mol. The molecule has 0 N–H and O–H groups in total. The molecule has 0 saturated carbocycles. The van der Waals surface area contributed by atoms with Crippen molar-refractivity contribution in [2.75, 3.05) is 7.11 Å². The molecule has 0 radical (unpaired) electrons. The van der Waals surface area contributed by atoms with Gasteiger partial charge in [0, 0.05) is 0 Å². The molecule has 1 aromatic carbocycles. The van der Waals surface area contributed by atoms with Gasteiger partial charge in [-0.1, -0.05) is 46.8 Å². The van der Waals surface area contributed by atoms with Gasteiger partial charge < -0.3 is 4.74 Å². The molecule has 0 spiro atoms. The average Bonchev–Trinajstić information content (AvgIpc) is 2.20. The molecule has 0 saturated heterocycles. The first-order chi connectivity index (χ1) is 6.54. The minimum atomic E-state index is 0.228. The van der Waals surface area contributed by atoms with E-state index in [-0.39, 0.29) is 5.41 Å². The van der Waals surface area contributed by atoms with E-state index in [1.807, 2.05) is 26.0 Å². The summed E-state index contributed by atoms with van der Waals surface area (Å²) in [6, 6.07) is 8.22. The Kier molecular flexibility index (Phi) is 5.29. The maximum Gasteiger partial charge on any atom is 0.118 e. The molecule has 0 unspecified atom stereocenters. The molecule has 80 valence electrons. The predicted octanol–water partition coefficient (Wildman–Crippen LogP) is 4.02. The maximum absolute atomic E-state index is 5.08. The Morgan fingerprint density at radius 1 is 0.929 bits per heavy atom. The van der Waals surface area contributed by atoms with Gasteiger partial charge in [0.15, 0.2) is 0 Å². The lowest BCUT2D eigenvalue weighted by Gasteiger charge is -2.18. The molecule has 0 heterocycles. The number of hydrogen-bond acceptors (Lipinski definition) is 1. The molecular formula is C13H22O. The fraction of sp³-hybridized carbons (Fsp3) is 0.538. The normalized spacial score (nSPS) is 10.1. The van der Waals surface area contributed by atoms with E-state index in [0.717, 1.165) is 5.75 Å². The largest absolute Gasteiger partial charge is 0.497 e. The van der Waals surface area contributed by atoms with E-state index >= 15 is 0 Å². The van der Waals surface area contributed by atoms with Crippen molar-refractivity contribution >= 4 is 0 Å². The van der Waals surface area contributed by atoms with Crippen LogP contribution >= 0.6 is 0 Å². The third-order valence-electron chi connectivity index (χ3n) is 1.96. The number of methoxy groups -OCH3 is 1. The van der Waals surface area contributed by atoms with Gasteiger partial charge >= 0.3 is 0 Å². The number of hydrogen-bond donors (Lipinski definition) is 0. The number of benzene rings is 1. The maximum atomic E-state index is 5.08. The molecule has 0 aliphatic rings. The van der Waals surface area contributed by atoms with Gasteiger partial charge in [-0.05, 0) is 23.1 Å². The van der Waals surface area contributed by atoms with Gasteiger partial charge in [-0.25, -0.2) is 0 Å². The van der Waals surface area contributed by atoms with E-state index in [1.165, 1.54) is 5.56 Å². The van der Waals surface area contributed by atoms with Crippen LogP contribution in [-0.2, 0) is 5.41 Å². The number of rotatable bonds is 1. The van der Waals surface area contributed by atoms with Gasteiger partial charge in [0.05, 0.1) is 7.11 Å². The van der Waals surface area contributed by atoms with Crippen LogP contribution in [0.15, 0.2) is 24.3 Å². The summed E-state index contributed by atoms with van der Waals surface area (Å²) in [5.41, 5.74) is 1.56. The van der Waals surface area contributed by atoms with Crippen LogP contribution in [0.25, 0.3) is 0 Å². The topological polar surface area (TPSA) is 9.23 Å². The van der Waals surface area contributed by atoms with Gasteiger partial charge in [-0.3, -0.25) is 0 Å². The highest BCUT2D eigenvalue weighted by Gasteiger charge is 2.12. The lowest BCUT2D eigenvalue weighted by atomic mass is 9.87. The minimum Gasteiger partial charge on any atom is -0.497 e. The summed E-state index contributed by atoms with van der Waals surface area (Å²) in [5.74, 6) is 0.919. The highest BCUT2D eigenvalue weighted by Crippen LogP contribution is 2.23. The zero-order valence-electron chi connectivity index (χ0n) is 10.2. The molecule has 0 aliphatic carbocycles. The van der Waals surface area contributed by atoms with Crippen molar-refractivity contribution < 1.29 is 4.74 Å². The predicted molar refractivity (Wildman–Crippen MR) is 63.0 cm³/mol.